The molecule has 3 aromatic rings. The Hall–Kier alpha value is -1.65. The number of aromatic nitrogens is 2. The second-order valence-corrected chi connectivity index (χ2v) is 7.17. The maximum atomic E-state index is 4.83. The quantitative estimate of drug-likeness (QED) is 0.668. The highest BCUT2D eigenvalue weighted by Crippen LogP contribution is 2.34. The average Bonchev–Trinajstić information content (AvgIpc) is 3.14. The Morgan fingerprint density at radius 1 is 1.17 bits per heavy atom. The second-order valence-electron chi connectivity index (χ2n) is 6.26. The van der Waals surface area contributed by atoms with E-state index < -0.39 is 0 Å². The van der Waals surface area contributed by atoms with E-state index in [9.17, 15) is 0 Å². The van der Waals surface area contributed by atoms with E-state index in [1.54, 1.807) is 0 Å². The van der Waals surface area contributed by atoms with Crippen LogP contribution in [0, 0.1) is 0 Å². The molecule has 1 aromatic heterocycles. The first-order valence-electron chi connectivity index (χ1n) is 8.12. The van der Waals surface area contributed by atoms with E-state index in [-0.39, 0.29) is 0 Å². The van der Waals surface area contributed by atoms with Crippen LogP contribution in [0.2, 0.25) is 0 Å². The molecule has 1 unspecified atom stereocenters. The minimum atomic E-state index is 0.493. The van der Waals surface area contributed by atoms with E-state index in [4.69, 9.17) is 4.98 Å². The second kappa shape index (κ2) is 6.10. The van der Waals surface area contributed by atoms with E-state index in [2.05, 4.69) is 81.0 Å². The summed E-state index contributed by atoms with van der Waals surface area (Å²) in [6.45, 7) is 2.04. The highest BCUT2D eigenvalue weighted by atomic mass is 79.9. The largest absolute Gasteiger partial charge is 0.330 e. The number of rotatable bonds is 3. The van der Waals surface area contributed by atoms with Gasteiger partial charge in [-0.1, -0.05) is 40.2 Å². The molecule has 2 aromatic carbocycles. The molecule has 0 radical (unpaired) electrons. The average molecular weight is 370 g/mol. The van der Waals surface area contributed by atoms with Gasteiger partial charge in [-0.05, 0) is 49.2 Å². The Balaban J connectivity index is 1.63. The van der Waals surface area contributed by atoms with E-state index >= 15 is 0 Å². The normalized spacial score (nSPS) is 18.8. The number of hydrogen-bond acceptors (Lipinski definition) is 2. The Labute approximate surface area is 145 Å². The molecule has 0 saturated carbocycles. The number of fused-ring (bicyclic) bond motifs is 1. The van der Waals surface area contributed by atoms with Crippen molar-refractivity contribution in [1.82, 2.24) is 14.5 Å². The summed E-state index contributed by atoms with van der Waals surface area (Å²) in [5, 5.41) is 0. The predicted molar refractivity (Wildman–Crippen MR) is 97.2 cm³/mol. The molecule has 2 heterocycles. The van der Waals surface area contributed by atoms with Gasteiger partial charge in [-0.15, -0.1) is 0 Å². The van der Waals surface area contributed by atoms with Crippen LogP contribution in [0.4, 0.5) is 0 Å². The molecule has 1 saturated heterocycles. The van der Waals surface area contributed by atoms with Gasteiger partial charge in [-0.25, -0.2) is 4.98 Å². The number of benzene rings is 2. The van der Waals surface area contributed by atoms with Gasteiger partial charge < -0.3 is 4.57 Å². The summed E-state index contributed by atoms with van der Waals surface area (Å²) in [7, 11) is 2.12. The van der Waals surface area contributed by atoms with Gasteiger partial charge in [-0.3, -0.25) is 4.90 Å². The van der Waals surface area contributed by atoms with E-state index in [1.165, 1.54) is 23.9 Å². The van der Waals surface area contributed by atoms with E-state index in [0.717, 1.165) is 28.9 Å². The fourth-order valence-corrected chi connectivity index (χ4v) is 4.04. The van der Waals surface area contributed by atoms with Crippen molar-refractivity contribution in [2.24, 2.45) is 7.05 Å². The Morgan fingerprint density at radius 2 is 2.04 bits per heavy atom. The Kier molecular flexibility index (Phi) is 3.95. The number of para-hydroxylation sites is 2. The fraction of sp³-hybridized carbons (Fsp3) is 0.316. The van der Waals surface area contributed by atoms with Crippen LogP contribution in [0.25, 0.3) is 11.0 Å². The van der Waals surface area contributed by atoms with Crippen LogP contribution in [-0.2, 0) is 13.6 Å². The van der Waals surface area contributed by atoms with Crippen LogP contribution in [0.15, 0.2) is 53.0 Å². The minimum absolute atomic E-state index is 0.493. The molecule has 1 aliphatic heterocycles. The van der Waals surface area contributed by atoms with Crippen LogP contribution in [0.3, 0.4) is 0 Å². The summed E-state index contributed by atoms with van der Waals surface area (Å²) in [6, 6.07) is 17.6. The maximum absolute atomic E-state index is 4.83. The van der Waals surface area contributed by atoms with Gasteiger partial charge in [0.2, 0.25) is 0 Å². The lowest BCUT2D eigenvalue weighted by Crippen LogP contribution is -2.24. The first-order chi connectivity index (χ1) is 11.2. The number of halogens is 1. The van der Waals surface area contributed by atoms with Crippen molar-refractivity contribution in [1.29, 1.82) is 0 Å². The van der Waals surface area contributed by atoms with Gasteiger partial charge in [0.05, 0.1) is 17.6 Å². The third-order valence-electron chi connectivity index (χ3n) is 4.82. The van der Waals surface area contributed by atoms with E-state index in [1.807, 2.05) is 0 Å². The summed E-state index contributed by atoms with van der Waals surface area (Å²) in [6.07, 6.45) is 2.47. The van der Waals surface area contributed by atoms with Crippen LogP contribution < -0.4 is 0 Å². The van der Waals surface area contributed by atoms with Gasteiger partial charge in [0, 0.05) is 17.6 Å². The molecule has 23 heavy (non-hydrogen) atoms. The first-order valence-corrected chi connectivity index (χ1v) is 8.91. The molecule has 0 spiro atoms. The number of imidazole rings is 1. The van der Waals surface area contributed by atoms with Crippen molar-refractivity contribution < 1.29 is 0 Å². The SMILES string of the molecule is Cn1c(CN2CCCC2c2cccc(Br)c2)nc2ccccc21. The number of hydrogen-bond donors (Lipinski definition) is 0. The molecule has 4 heteroatoms. The van der Waals surface area contributed by atoms with Crippen molar-refractivity contribution in [3.8, 4) is 0 Å². The molecule has 0 N–H and O–H groups in total. The molecule has 1 atom stereocenters. The lowest BCUT2D eigenvalue weighted by molar-refractivity contribution is 0.240. The summed E-state index contributed by atoms with van der Waals surface area (Å²) in [5.74, 6) is 1.15. The Bertz CT molecular complexity index is 840. The zero-order valence-corrected chi connectivity index (χ0v) is 14.8. The first kappa shape index (κ1) is 14.9. The van der Waals surface area contributed by atoms with Crippen molar-refractivity contribution >= 4 is 27.0 Å². The number of likely N-dealkylation sites (tertiary alicyclic amines) is 1. The molecule has 0 bridgehead atoms. The van der Waals surface area contributed by atoms with Crippen LogP contribution >= 0.6 is 15.9 Å². The summed E-state index contributed by atoms with van der Waals surface area (Å²) in [5.41, 5.74) is 3.69. The van der Waals surface area contributed by atoms with Gasteiger partial charge in [0.25, 0.3) is 0 Å². The molecule has 0 aliphatic carbocycles. The summed E-state index contributed by atoms with van der Waals surface area (Å²) >= 11 is 3.60. The van der Waals surface area contributed by atoms with Crippen LogP contribution in [-0.4, -0.2) is 21.0 Å². The van der Waals surface area contributed by atoms with Gasteiger partial charge in [-0.2, -0.15) is 0 Å². The monoisotopic (exact) mass is 369 g/mol. The molecule has 1 aliphatic rings. The standard InChI is InChI=1S/C19H20BrN3/c1-22-18-9-3-2-8-16(18)21-19(22)13-23-11-5-10-17(23)14-6-4-7-15(20)12-14/h2-4,6-9,12,17H,5,10-11,13H2,1H3. The van der Waals surface area contributed by atoms with Crippen molar-refractivity contribution in [2.75, 3.05) is 6.54 Å². The van der Waals surface area contributed by atoms with Gasteiger partial charge in [0.1, 0.15) is 5.82 Å². The molecule has 1 fully saturated rings. The van der Waals surface area contributed by atoms with Crippen molar-refractivity contribution in [3.63, 3.8) is 0 Å². The number of nitrogens with zero attached hydrogens (tertiary/aromatic N) is 3. The minimum Gasteiger partial charge on any atom is -0.330 e. The topological polar surface area (TPSA) is 21.1 Å². The van der Waals surface area contributed by atoms with E-state index in [0.29, 0.717) is 6.04 Å². The Morgan fingerprint density at radius 3 is 2.87 bits per heavy atom. The third kappa shape index (κ3) is 2.81. The van der Waals surface area contributed by atoms with Crippen LogP contribution in [0.1, 0.15) is 30.3 Å². The van der Waals surface area contributed by atoms with Crippen molar-refractivity contribution in [2.45, 2.75) is 25.4 Å². The predicted octanol–water partition coefficient (Wildman–Crippen LogP) is 4.67. The molecular formula is C19H20BrN3. The van der Waals surface area contributed by atoms with Gasteiger partial charge in [0.15, 0.2) is 0 Å². The highest BCUT2D eigenvalue weighted by molar-refractivity contribution is 9.10. The van der Waals surface area contributed by atoms with Crippen LogP contribution in [0.5, 0.6) is 0 Å². The zero-order valence-electron chi connectivity index (χ0n) is 13.2. The lowest BCUT2D eigenvalue weighted by atomic mass is 10.0. The zero-order chi connectivity index (χ0) is 15.8. The number of aryl methyl sites for hydroxylation is 1. The van der Waals surface area contributed by atoms with Gasteiger partial charge >= 0.3 is 0 Å². The van der Waals surface area contributed by atoms with Crippen molar-refractivity contribution in [3.05, 3.63) is 64.4 Å². The molecule has 0 amide bonds. The maximum Gasteiger partial charge on any atom is 0.123 e. The fourth-order valence-electron chi connectivity index (χ4n) is 3.63. The summed E-state index contributed by atoms with van der Waals surface area (Å²) < 4.78 is 3.38. The molecule has 3 nitrogen and oxygen atoms in total. The molecule has 4 rings (SSSR count). The molecule has 118 valence electrons. The smallest absolute Gasteiger partial charge is 0.123 e. The molecular weight excluding hydrogens is 350 g/mol. The third-order valence-corrected chi connectivity index (χ3v) is 5.31. The highest BCUT2D eigenvalue weighted by Gasteiger charge is 2.27. The summed E-state index contributed by atoms with van der Waals surface area (Å²) in [4.78, 5) is 7.39. The lowest BCUT2D eigenvalue weighted by Gasteiger charge is -2.24.